The molecule has 0 amide bonds. The fourth-order valence-electron chi connectivity index (χ4n) is 2.47. The second-order valence-corrected chi connectivity index (χ2v) is 4.17. The Bertz CT molecular complexity index is 851. The molecule has 80 valence electrons. The molecule has 2 nitrogen and oxygen atoms in total. The van der Waals surface area contributed by atoms with Crippen molar-refractivity contribution in [3.8, 4) is 0 Å². The van der Waals surface area contributed by atoms with Crippen molar-refractivity contribution in [1.29, 1.82) is 0 Å². The van der Waals surface area contributed by atoms with Gasteiger partial charge in [-0.1, -0.05) is 36.4 Å². The summed E-state index contributed by atoms with van der Waals surface area (Å²) in [5.74, 6) is 0. The maximum atomic E-state index is 6.06. The Hall–Kier alpha value is -2.22. The zero-order valence-corrected chi connectivity index (χ0v) is 9.05. The minimum absolute atomic E-state index is 0.729. The number of nitrogens with zero attached hydrogens (tertiary/aromatic N) is 1. The average Bonchev–Trinajstić information content (AvgIpc) is 2.88. The van der Waals surface area contributed by atoms with Gasteiger partial charge in [0.1, 0.15) is 5.58 Å². The monoisotopic (exact) mass is 219 g/mol. The molecule has 4 aromatic rings. The molecule has 0 bridgehead atoms. The highest BCUT2D eigenvalue weighted by atomic mass is 16.3. The molecule has 0 spiro atoms. The summed E-state index contributed by atoms with van der Waals surface area (Å²) in [4.78, 5) is 0. The van der Waals surface area contributed by atoms with Crippen molar-refractivity contribution in [3.63, 3.8) is 0 Å². The molecule has 0 aliphatic carbocycles. The Balaban J connectivity index is 2.41. The van der Waals surface area contributed by atoms with Crippen molar-refractivity contribution in [2.45, 2.75) is 0 Å². The van der Waals surface area contributed by atoms with Gasteiger partial charge in [0.15, 0.2) is 0 Å². The van der Waals surface area contributed by atoms with Crippen LogP contribution < -0.4 is 0 Å². The van der Waals surface area contributed by atoms with E-state index in [1.54, 1.807) is 4.57 Å². The van der Waals surface area contributed by atoms with Gasteiger partial charge in [0.25, 0.3) is 0 Å². The molecule has 0 N–H and O–H groups in total. The maximum absolute atomic E-state index is 6.06. The van der Waals surface area contributed by atoms with Crippen molar-refractivity contribution >= 4 is 33.0 Å². The molecule has 17 heavy (non-hydrogen) atoms. The Kier molecular flexibility index (Phi) is 1.52. The predicted molar refractivity (Wildman–Crippen MR) is 68.9 cm³/mol. The highest BCUT2D eigenvalue weighted by Crippen LogP contribution is 2.36. The minimum Gasteiger partial charge on any atom is -0.439 e. The van der Waals surface area contributed by atoms with Gasteiger partial charge in [0.2, 0.25) is 5.71 Å². The Morgan fingerprint density at radius 1 is 0.882 bits per heavy atom. The second kappa shape index (κ2) is 2.92. The van der Waals surface area contributed by atoms with Crippen LogP contribution in [0, 0.1) is 7.05 Å². The maximum Gasteiger partial charge on any atom is 0.209 e. The van der Waals surface area contributed by atoms with Gasteiger partial charge in [-0.15, -0.1) is 0 Å². The number of hydrogen-bond acceptors (Lipinski definition) is 1. The number of hydrogen-bond donors (Lipinski definition) is 0. The van der Waals surface area contributed by atoms with Crippen LogP contribution in [0.15, 0.2) is 52.9 Å². The quantitative estimate of drug-likeness (QED) is 0.436. The first-order valence-electron chi connectivity index (χ1n) is 5.52. The molecular formula is C15H9NO. The third-order valence-electron chi connectivity index (χ3n) is 3.23. The molecule has 0 unspecified atom stereocenters. The van der Waals surface area contributed by atoms with Crippen molar-refractivity contribution < 1.29 is 4.42 Å². The van der Waals surface area contributed by atoms with E-state index >= 15 is 0 Å². The molecule has 2 heterocycles. The number of rotatable bonds is 0. The van der Waals surface area contributed by atoms with Gasteiger partial charge >= 0.3 is 0 Å². The van der Waals surface area contributed by atoms with E-state index in [1.807, 2.05) is 36.4 Å². The second-order valence-electron chi connectivity index (χ2n) is 4.17. The van der Waals surface area contributed by atoms with Crippen LogP contribution in [-0.4, -0.2) is 4.57 Å². The number of benzene rings is 2. The highest BCUT2D eigenvalue weighted by molar-refractivity contribution is 6.19. The number of aromatic nitrogens is 1. The zero-order valence-electron chi connectivity index (χ0n) is 9.05. The van der Waals surface area contributed by atoms with Crippen molar-refractivity contribution in [3.05, 3.63) is 55.6 Å². The lowest BCUT2D eigenvalue weighted by Gasteiger charge is -1.94. The summed E-state index contributed by atoms with van der Waals surface area (Å²) in [5, 5.41) is 3.34. The smallest absolute Gasteiger partial charge is 0.209 e. The topological polar surface area (TPSA) is 18.1 Å². The van der Waals surface area contributed by atoms with E-state index in [2.05, 4.69) is 12.1 Å². The molecule has 0 aliphatic heterocycles. The Morgan fingerprint density at radius 2 is 1.59 bits per heavy atom. The van der Waals surface area contributed by atoms with Crippen LogP contribution in [0.25, 0.3) is 33.0 Å². The summed E-state index contributed by atoms with van der Waals surface area (Å²) in [6, 6.07) is 16.1. The van der Waals surface area contributed by atoms with E-state index < -0.39 is 0 Å². The largest absolute Gasteiger partial charge is 0.439 e. The third kappa shape index (κ3) is 0.998. The van der Waals surface area contributed by atoms with Gasteiger partial charge in [0, 0.05) is 10.8 Å². The molecule has 0 atom stereocenters. The van der Waals surface area contributed by atoms with Crippen LogP contribution in [0.3, 0.4) is 0 Å². The van der Waals surface area contributed by atoms with E-state index in [9.17, 15) is 0 Å². The normalized spacial score (nSPS) is 11.8. The number of para-hydroxylation sites is 2. The third-order valence-corrected chi connectivity index (χ3v) is 3.23. The fraction of sp³-hybridized carbons (Fsp3) is 0. The Morgan fingerprint density at radius 3 is 2.47 bits per heavy atom. The highest BCUT2D eigenvalue weighted by Gasteiger charge is 2.14. The molecule has 4 rings (SSSR count). The summed E-state index contributed by atoms with van der Waals surface area (Å²) in [5.41, 5.74) is 2.60. The summed E-state index contributed by atoms with van der Waals surface area (Å²) in [6.45, 7) is 0. The molecule has 0 fully saturated rings. The average molecular weight is 219 g/mol. The van der Waals surface area contributed by atoms with Crippen LogP contribution in [-0.2, 0) is 0 Å². The number of furan rings is 1. The SMILES string of the molecule is [CH]n1c2ccccc2c2c3ccccc3oc21. The molecule has 0 saturated heterocycles. The lowest BCUT2D eigenvalue weighted by Crippen LogP contribution is -1.81. The van der Waals surface area contributed by atoms with E-state index in [1.165, 1.54) is 0 Å². The van der Waals surface area contributed by atoms with E-state index in [4.69, 9.17) is 11.5 Å². The fourth-order valence-corrected chi connectivity index (χ4v) is 2.47. The molecule has 0 aliphatic rings. The van der Waals surface area contributed by atoms with Crippen LogP contribution >= 0.6 is 0 Å². The Labute approximate surface area is 98.1 Å². The first kappa shape index (κ1) is 8.88. The van der Waals surface area contributed by atoms with Crippen LogP contribution in [0.5, 0.6) is 0 Å². The molecule has 0 saturated carbocycles. The summed E-state index contributed by atoms with van der Waals surface area (Å²) in [7, 11) is 6.06. The van der Waals surface area contributed by atoms with Gasteiger partial charge in [-0.2, -0.15) is 0 Å². The first-order chi connectivity index (χ1) is 8.36. The van der Waals surface area contributed by atoms with Gasteiger partial charge in [-0.3, -0.25) is 0 Å². The summed E-state index contributed by atoms with van der Waals surface area (Å²) >= 11 is 0. The van der Waals surface area contributed by atoms with E-state index in [0.29, 0.717) is 0 Å². The van der Waals surface area contributed by atoms with Crippen molar-refractivity contribution in [2.24, 2.45) is 0 Å². The van der Waals surface area contributed by atoms with Gasteiger partial charge < -0.3 is 8.98 Å². The minimum atomic E-state index is 0.729. The van der Waals surface area contributed by atoms with E-state index in [0.717, 1.165) is 33.0 Å². The molecular weight excluding hydrogens is 210 g/mol. The predicted octanol–water partition coefficient (Wildman–Crippen LogP) is 4.06. The molecule has 2 radical (unpaired) electrons. The zero-order chi connectivity index (χ0) is 11.4. The van der Waals surface area contributed by atoms with E-state index in [-0.39, 0.29) is 0 Å². The van der Waals surface area contributed by atoms with Crippen LogP contribution in [0.4, 0.5) is 0 Å². The summed E-state index contributed by atoms with van der Waals surface area (Å²) in [6.07, 6.45) is 0. The summed E-state index contributed by atoms with van der Waals surface area (Å²) < 4.78 is 7.42. The lowest BCUT2D eigenvalue weighted by molar-refractivity contribution is 0.644. The molecule has 2 heteroatoms. The van der Waals surface area contributed by atoms with Crippen LogP contribution in [0.2, 0.25) is 0 Å². The van der Waals surface area contributed by atoms with Gasteiger partial charge in [-0.05, 0) is 12.1 Å². The van der Waals surface area contributed by atoms with Crippen molar-refractivity contribution in [1.82, 2.24) is 4.57 Å². The molecule has 2 aromatic heterocycles. The molecule has 2 aromatic carbocycles. The first-order valence-corrected chi connectivity index (χ1v) is 5.52. The lowest BCUT2D eigenvalue weighted by atomic mass is 10.1. The van der Waals surface area contributed by atoms with Crippen LogP contribution in [0.1, 0.15) is 0 Å². The van der Waals surface area contributed by atoms with Crippen molar-refractivity contribution in [2.75, 3.05) is 0 Å². The van der Waals surface area contributed by atoms with Gasteiger partial charge in [-0.25, -0.2) is 0 Å². The number of fused-ring (bicyclic) bond motifs is 5. The standard InChI is InChI=1S/C15H9NO/c1-16-12-8-4-2-6-10(12)14-11-7-3-5-9-13(11)17-15(14)16/h1-9H. The van der Waals surface area contributed by atoms with Gasteiger partial charge in [0.05, 0.1) is 18.0 Å².